The Kier molecular flexibility index (Phi) is 4.85. The minimum atomic E-state index is -0.146. The third-order valence-corrected chi connectivity index (χ3v) is 6.47. The summed E-state index contributed by atoms with van der Waals surface area (Å²) in [5.41, 5.74) is 0.750. The van der Waals surface area contributed by atoms with E-state index < -0.39 is 0 Å². The minimum Gasteiger partial charge on any atom is -0.336 e. The molecule has 2 aliphatic carbocycles. The van der Waals surface area contributed by atoms with Gasteiger partial charge < -0.3 is 4.90 Å². The van der Waals surface area contributed by atoms with Crippen LogP contribution in [-0.2, 0) is 11.2 Å². The molecule has 2 aromatic heterocycles. The molecule has 0 aliphatic heterocycles. The Morgan fingerprint density at radius 1 is 1.16 bits per heavy atom. The second-order valence-electron chi connectivity index (χ2n) is 6.72. The summed E-state index contributed by atoms with van der Waals surface area (Å²) in [5, 5.41) is 7.12. The number of anilines is 1. The number of rotatable bonds is 6. The van der Waals surface area contributed by atoms with E-state index in [1.165, 1.54) is 35.5 Å². The van der Waals surface area contributed by atoms with Crippen molar-refractivity contribution in [1.82, 2.24) is 9.88 Å². The maximum absolute atomic E-state index is 12.8. The normalized spacial score (nSPS) is 17.6. The lowest BCUT2D eigenvalue weighted by Gasteiger charge is -2.29. The monoisotopic (exact) mass is 375 g/mol. The number of nitrogens with one attached hydrogen (secondary N) is 1. The Hall–Kier alpha value is -1.73. The van der Waals surface area contributed by atoms with Crippen LogP contribution in [0.4, 0.5) is 5.13 Å². The first-order valence-electron chi connectivity index (χ1n) is 8.81. The lowest BCUT2D eigenvalue weighted by Crippen LogP contribution is -2.41. The first-order valence-corrected chi connectivity index (χ1v) is 10.6. The molecular weight excluding hydrogens is 354 g/mol. The van der Waals surface area contributed by atoms with Gasteiger partial charge in [0.1, 0.15) is 0 Å². The van der Waals surface area contributed by atoms with Crippen LogP contribution in [0.25, 0.3) is 0 Å². The largest absolute Gasteiger partial charge is 0.336 e. The maximum Gasteiger partial charge on any atom is 0.267 e. The number of carbonyl (C=O) groups is 2. The van der Waals surface area contributed by atoms with Crippen LogP contribution in [0.3, 0.4) is 0 Å². The Morgan fingerprint density at radius 2 is 1.92 bits per heavy atom. The minimum absolute atomic E-state index is 0.146. The van der Waals surface area contributed by atoms with Gasteiger partial charge in [-0.2, -0.15) is 0 Å². The van der Waals surface area contributed by atoms with Gasteiger partial charge in [-0.1, -0.05) is 18.9 Å². The summed E-state index contributed by atoms with van der Waals surface area (Å²) in [4.78, 5) is 32.1. The highest BCUT2D eigenvalue weighted by molar-refractivity contribution is 7.14. The van der Waals surface area contributed by atoms with Crippen molar-refractivity contribution in [3.8, 4) is 0 Å². The van der Waals surface area contributed by atoms with E-state index >= 15 is 0 Å². The van der Waals surface area contributed by atoms with Crippen LogP contribution in [-0.4, -0.2) is 33.8 Å². The average molecular weight is 376 g/mol. The zero-order valence-corrected chi connectivity index (χ0v) is 15.6. The number of hydrogen-bond acceptors (Lipinski definition) is 5. The van der Waals surface area contributed by atoms with Crippen molar-refractivity contribution in [2.24, 2.45) is 0 Å². The molecule has 132 valence electrons. The predicted molar refractivity (Wildman–Crippen MR) is 100 cm³/mol. The van der Waals surface area contributed by atoms with Gasteiger partial charge in [0.05, 0.1) is 17.0 Å². The third kappa shape index (κ3) is 3.93. The number of hydrogen-bond donors (Lipinski definition) is 1. The van der Waals surface area contributed by atoms with E-state index in [9.17, 15) is 9.59 Å². The van der Waals surface area contributed by atoms with Crippen molar-refractivity contribution < 1.29 is 9.59 Å². The molecule has 2 aliphatic rings. The van der Waals surface area contributed by atoms with E-state index in [1.807, 2.05) is 16.8 Å². The predicted octanol–water partition coefficient (Wildman–Crippen LogP) is 3.93. The van der Waals surface area contributed by atoms with Crippen molar-refractivity contribution in [3.63, 3.8) is 0 Å². The molecule has 0 aromatic carbocycles. The highest BCUT2D eigenvalue weighted by Crippen LogP contribution is 2.35. The molecule has 0 saturated heterocycles. The van der Waals surface area contributed by atoms with Gasteiger partial charge in [0.2, 0.25) is 5.91 Å². The van der Waals surface area contributed by atoms with Crippen LogP contribution in [0.15, 0.2) is 22.9 Å². The summed E-state index contributed by atoms with van der Waals surface area (Å²) in [6, 6.07) is 4.51. The van der Waals surface area contributed by atoms with Gasteiger partial charge in [0, 0.05) is 17.5 Å². The van der Waals surface area contributed by atoms with Crippen molar-refractivity contribution in [2.45, 2.75) is 57.0 Å². The van der Waals surface area contributed by atoms with E-state index in [2.05, 4.69) is 15.2 Å². The van der Waals surface area contributed by atoms with Gasteiger partial charge in [-0.25, -0.2) is 4.98 Å². The van der Waals surface area contributed by atoms with Crippen LogP contribution in [0.2, 0.25) is 0 Å². The fourth-order valence-corrected chi connectivity index (χ4v) is 4.82. The highest BCUT2D eigenvalue weighted by Gasteiger charge is 2.38. The topological polar surface area (TPSA) is 62.3 Å². The molecule has 2 amide bonds. The Labute approximate surface area is 155 Å². The summed E-state index contributed by atoms with van der Waals surface area (Å²) in [5.74, 6) is 0.0450. The number of aromatic nitrogens is 1. The Bertz CT molecular complexity index is 746. The first-order chi connectivity index (χ1) is 12.2. The summed E-state index contributed by atoms with van der Waals surface area (Å²) < 4.78 is 0. The molecule has 2 fully saturated rings. The van der Waals surface area contributed by atoms with Gasteiger partial charge in [0.15, 0.2) is 5.13 Å². The second kappa shape index (κ2) is 7.25. The number of thiophene rings is 1. The summed E-state index contributed by atoms with van der Waals surface area (Å²) in [6.07, 6.45) is 7.36. The molecule has 2 saturated carbocycles. The smallest absolute Gasteiger partial charge is 0.267 e. The number of nitrogens with zero attached hydrogens (tertiary/aromatic N) is 2. The first kappa shape index (κ1) is 16.7. The molecule has 0 unspecified atom stereocenters. The van der Waals surface area contributed by atoms with Crippen molar-refractivity contribution in [3.05, 3.63) is 33.5 Å². The molecule has 2 aromatic rings. The zero-order valence-electron chi connectivity index (χ0n) is 13.9. The Morgan fingerprint density at radius 3 is 2.60 bits per heavy atom. The van der Waals surface area contributed by atoms with Crippen LogP contribution in [0, 0.1) is 0 Å². The van der Waals surface area contributed by atoms with Crippen LogP contribution in [0.1, 0.15) is 53.9 Å². The summed E-state index contributed by atoms with van der Waals surface area (Å²) >= 11 is 2.78. The van der Waals surface area contributed by atoms with Gasteiger partial charge in [-0.05, 0) is 37.1 Å². The molecule has 0 atom stereocenters. The SMILES string of the molecule is O=C(Nc1nc(CC(=O)N(C2CCCC2)C2CC2)cs1)c1cccs1. The molecule has 0 radical (unpaired) electrons. The molecule has 4 rings (SSSR count). The van der Waals surface area contributed by atoms with E-state index in [0.717, 1.165) is 31.4 Å². The second-order valence-corrected chi connectivity index (χ2v) is 8.53. The Balaban J connectivity index is 1.38. The number of thiazole rings is 1. The number of amides is 2. The fourth-order valence-electron chi connectivity index (χ4n) is 3.50. The van der Waals surface area contributed by atoms with E-state index in [4.69, 9.17) is 0 Å². The van der Waals surface area contributed by atoms with Gasteiger partial charge >= 0.3 is 0 Å². The lowest BCUT2D eigenvalue weighted by atomic mass is 10.1. The zero-order chi connectivity index (χ0) is 17.2. The third-order valence-electron chi connectivity index (χ3n) is 4.80. The molecule has 0 bridgehead atoms. The molecule has 7 heteroatoms. The van der Waals surface area contributed by atoms with Gasteiger partial charge in [-0.15, -0.1) is 22.7 Å². The van der Waals surface area contributed by atoms with Crippen molar-refractivity contribution in [1.29, 1.82) is 0 Å². The maximum atomic E-state index is 12.8. The fraction of sp³-hybridized carbons (Fsp3) is 0.500. The highest BCUT2D eigenvalue weighted by atomic mass is 32.1. The van der Waals surface area contributed by atoms with Gasteiger partial charge in [0.25, 0.3) is 5.91 Å². The summed E-state index contributed by atoms with van der Waals surface area (Å²) in [6.45, 7) is 0. The molecule has 5 nitrogen and oxygen atoms in total. The van der Waals surface area contributed by atoms with Gasteiger partial charge in [-0.3, -0.25) is 14.9 Å². The lowest BCUT2D eigenvalue weighted by molar-refractivity contribution is -0.133. The molecule has 25 heavy (non-hydrogen) atoms. The molecule has 1 N–H and O–H groups in total. The van der Waals surface area contributed by atoms with E-state index in [-0.39, 0.29) is 11.8 Å². The number of carbonyl (C=O) groups excluding carboxylic acids is 2. The summed E-state index contributed by atoms with van der Waals surface area (Å²) in [7, 11) is 0. The van der Waals surface area contributed by atoms with E-state index in [0.29, 0.717) is 28.5 Å². The van der Waals surface area contributed by atoms with Crippen LogP contribution >= 0.6 is 22.7 Å². The van der Waals surface area contributed by atoms with E-state index in [1.54, 1.807) is 6.07 Å². The molecular formula is C18H21N3O2S2. The standard InChI is InChI=1S/C18H21N3O2S2/c22-16(21(14-7-8-14)13-4-1-2-5-13)10-12-11-25-18(19-12)20-17(23)15-6-3-9-24-15/h3,6,9,11,13-14H,1-2,4-5,7-8,10H2,(H,19,20,23). The average Bonchev–Trinajstić information content (AvgIpc) is 3.04. The quantitative estimate of drug-likeness (QED) is 0.832. The van der Waals surface area contributed by atoms with Crippen LogP contribution in [0.5, 0.6) is 0 Å². The molecule has 0 spiro atoms. The van der Waals surface area contributed by atoms with Crippen LogP contribution < -0.4 is 5.32 Å². The van der Waals surface area contributed by atoms with Crippen molar-refractivity contribution >= 4 is 39.6 Å². The van der Waals surface area contributed by atoms with Crippen molar-refractivity contribution in [2.75, 3.05) is 5.32 Å². The molecule has 2 heterocycles.